The van der Waals surface area contributed by atoms with Crippen molar-refractivity contribution in [3.8, 4) is 17.1 Å². The molecule has 0 radical (unpaired) electrons. The first-order valence-corrected chi connectivity index (χ1v) is 11.0. The van der Waals surface area contributed by atoms with E-state index >= 15 is 0 Å². The highest BCUT2D eigenvalue weighted by Crippen LogP contribution is 2.39. The van der Waals surface area contributed by atoms with Crippen LogP contribution in [0.2, 0.25) is 0 Å². The molecule has 1 fully saturated rings. The summed E-state index contributed by atoms with van der Waals surface area (Å²) in [5.41, 5.74) is 2.84. The van der Waals surface area contributed by atoms with Crippen LogP contribution >= 0.6 is 0 Å². The summed E-state index contributed by atoms with van der Waals surface area (Å²) in [7, 11) is 0. The first-order valence-electron chi connectivity index (χ1n) is 11.0. The Hall–Kier alpha value is -2.70. The molecule has 6 heteroatoms. The maximum Gasteiger partial charge on any atom is 0.230 e. The number of rotatable bonds is 10. The summed E-state index contributed by atoms with van der Waals surface area (Å²) in [4.78, 5) is 4.50. The van der Waals surface area contributed by atoms with Gasteiger partial charge in [-0.1, -0.05) is 41.6 Å². The molecular weight excluding hydrogens is 390 g/mol. The Bertz CT molecular complexity index is 974. The summed E-state index contributed by atoms with van der Waals surface area (Å²) in [5, 5.41) is 17.4. The van der Waals surface area contributed by atoms with Crippen molar-refractivity contribution in [2.45, 2.75) is 64.2 Å². The SMILES string of the molecule is CC(O)C(C)(C)Oc1ccc(CCNCc2ccc(-c3noc(C4CC4)n3)cc2)cc1. The summed E-state index contributed by atoms with van der Waals surface area (Å²) in [6, 6.07) is 16.4. The van der Waals surface area contributed by atoms with Crippen molar-refractivity contribution in [3.63, 3.8) is 0 Å². The van der Waals surface area contributed by atoms with Crippen LogP contribution in [0.4, 0.5) is 0 Å². The van der Waals surface area contributed by atoms with Crippen LogP contribution in [-0.2, 0) is 13.0 Å². The van der Waals surface area contributed by atoms with Gasteiger partial charge in [-0.2, -0.15) is 4.98 Å². The zero-order chi connectivity index (χ0) is 21.8. The average Bonchev–Trinajstić information content (AvgIpc) is 3.49. The van der Waals surface area contributed by atoms with Gasteiger partial charge in [0.05, 0.1) is 6.10 Å². The van der Waals surface area contributed by atoms with E-state index in [9.17, 15) is 5.11 Å². The molecule has 0 bridgehead atoms. The van der Waals surface area contributed by atoms with Gasteiger partial charge in [0.15, 0.2) is 0 Å². The van der Waals surface area contributed by atoms with Crippen LogP contribution in [0.15, 0.2) is 53.1 Å². The average molecular weight is 422 g/mol. The fourth-order valence-corrected chi connectivity index (χ4v) is 3.20. The van der Waals surface area contributed by atoms with E-state index in [2.05, 4.69) is 39.7 Å². The fraction of sp³-hybridized carbons (Fsp3) is 0.440. The number of ether oxygens (including phenoxy) is 1. The summed E-state index contributed by atoms with van der Waals surface area (Å²) in [5.74, 6) is 2.69. The first-order chi connectivity index (χ1) is 14.9. The lowest BCUT2D eigenvalue weighted by atomic mass is 10.0. The molecule has 1 saturated carbocycles. The molecule has 31 heavy (non-hydrogen) atoms. The third-order valence-electron chi connectivity index (χ3n) is 5.81. The van der Waals surface area contributed by atoms with E-state index in [0.29, 0.717) is 11.7 Å². The number of benzene rings is 2. The minimum absolute atomic E-state index is 0.476. The van der Waals surface area contributed by atoms with Crippen molar-refractivity contribution in [1.29, 1.82) is 0 Å². The summed E-state index contributed by atoms with van der Waals surface area (Å²) in [6.07, 6.45) is 2.71. The predicted molar refractivity (Wildman–Crippen MR) is 120 cm³/mol. The molecule has 1 heterocycles. The molecule has 164 valence electrons. The number of nitrogens with zero attached hydrogens (tertiary/aromatic N) is 2. The lowest BCUT2D eigenvalue weighted by molar-refractivity contribution is -0.0176. The van der Waals surface area contributed by atoms with Crippen LogP contribution in [0, 0.1) is 0 Å². The summed E-state index contributed by atoms with van der Waals surface area (Å²) < 4.78 is 11.2. The monoisotopic (exact) mass is 421 g/mol. The van der Waals surface area contributed by atoms with Gasteiger partial charge in [-0.25, -0.2) is 0 Å². The zero-order valence-corrected chi connectivity index (χ0v) is 18.5. The highest BCUT2D eigenvalue weighted by molar-refractivity contribution is 5.54. The van der Waals surface area contributed by atoms with Crippen molar-refractivity contribution in [2.24, 2.45) is 0 Å². The second-order valence-corrected chi connectivity index (χ2v) is 8.88. The number of hydrogen-bond donors (Lipinski definition) is 2. The number of aromatic nitrogens is 2. The Labute approximate surface area is 183 Å². The van der Waals surface area contributed by atoms with E-state index in [1.54, 1.807) is 6.92 Å². The smallest absolute Gasteiger partial charge is 0.230 e. The van der Waals surface area contributed by atoms with Crippen molar-refractivity contribution >= 4 is 0 Å². The largest absolute Gasteiger partial charge is 0.485 e. The molecular formula is C25H31N3O3. The summed E-state index contributed by atoms with van der Waals surface area (Å²) in [6.45, 7) is 7.20. The molecule has 0 spiro atoms. The number of hydrogen-bond acceptors (Lipinski definition) is 6. The zero-order valence-electron chi connectivity index (χ0n) is 18.5. The second-order valence-electron chi connectivity index (χ2n) is 8.88. The minimum atomic E-state index is -0.609. The van der Waals surface area contributed by atoms with Crippen LogP contribution in [-0.4, -0.2) is 33.5 Å². The van der Waals surface area contributed by atoms with E-state index < -0.39 is 11.7 Å². The molecule has 1 aliphatic carbocycles. The molecule has 1 atom stereocenters. The highest BCUT2D eigenvalue weighted by atomic mass is 16.5. The van der Waals surface area contributed by atoms with Crippen molar-refractivity contribution in [3.05, 3.63) is 65.5 Å². The Morgan fingerprint density at radius 2 is 1.77 bits per heavy atom. The molecule has 0 amide bonds. The molecule has 4 rings (SSSR count). The molecule has 2 N–H and O–H groups in total. The van der Waals surface area contributed by atoms with E-state index in [-0.39, 0.29) is 0 Å². The third kappa shape index (κ3) is 5.71. The number of aliphatic hydroxyl groups excluding tert-OH is 1. The van der Waals surface area contributed by atoms with Gasteiger partial charge in [0, 0.05) is 18.0 Å². The topological polar surface area (TPSA) is 80.4 Å². The van der Waals surface area contributed by atoms with Gasteiger partial charge in [0.1, 0.15) is 11.4 Å². The second kappa shape index (κ2) is 9.20. The van der Waals surface area contributed by atoms with Crippen LogP contribution in [0.5, 0.6) is 5.75 Å². The fourth-order valence-electron chi connectivity index (χ4n) is 3.20. The van der Waals surface area contributed by atoms with Crippen LogP contribution < -0.4 is 10.1 Å². The molecule has 1 aliphatic rings. The predicted octanol–water partition coefficient (Wildman–Crippen LogP) is 4.48. The Kier molecular flexibility index (Phi) is 6.39. The molecule has 0 aliphatic heterocycles. The van der Waals surface area contributed by atoms with Gasteiger partial charge in [-0.3, -0.25) is 0 Å². The Morgan fingerprint density at radius 1 is 1.10 bits per heavy atom. The summed E-state index contributed by atoms with van der Waals surface area (Å²) >= 11 is 0. The standard InChI is InChI=1S/C25H31N3O3/c1-17(29)25(2,3)30-22-12-6-18(7-13-22)14-15-26-16-19-4-8-20(9-5-19)23-27-24(31-28-23)21-10-11-21/h4-9,12-13,17,21,26,29H,10-11,14-16H2,1-3H3. The molecule has 6 nitrogen and oxygen atoms in total. The maximum absolute atomic E-state index is 9.79. The Morgan fingerprint density at radius 3 is 2.42 bits per heavy atom. The molecule has 1 aromatic heterocycles. The molecule has 1 unspecified atom stereocenters. The maximum atomic E-state index is 9.79. The van der Waals surface area contributed by atoms with Gasteiger partial charge in [-0.15, -0.1) is 0 Å². The van der Waals surface area contributed by atoms with Gasteiger partial charge >= 0.3 is 0 Å². The minimum Gasteiger partial charge on any atom is -0.485 e. The third-order valence-corrected chi connectivity index (χ3v) is 5.81. The van der Waals surface area contributed by atoms with Gasteiger partial charge in [0.25, 0.3) is 0 Å². The van der Waals surface area contributed by atoms with Crippen molar-refractivity contribution in [1.82, 2.24) is 15.5 Å². The van der Waals surface area contributed by atoms with Crippen molar-refractivity contribution < 1.29 is 14.4 Å². The molecule has 2 aromatic carbocycles. The van der Waals surface area contributed by atoms with Crippen LogP contribution in [0.3, 0.4) is 0 Å². The number of nitrogens with one attached hydrogen (secondary N) is 1. The van der Waals surface area contributed by atoms with E-state index in [4.69, 9.17) is 9.26 Å². The number of aliphatic hydroxyl groups is 1. The lowest BCUT2D eigenvalue weighted by Gasteiger charge is -2.29. The van der Waals surface area contributed by atoms with Gasteiger partial charge in [-0.05, 0) is 69.8 Å². The van der Waals surface area contributed by atoms with Gasteiger partial charge in [0.2, 0.25) is 11.7 Å². The normalized spacial score (nSPS) is 15.1. The van der Waals surface area contributed by atoms with Crippen molar-refractivity contribution in [2.75, 3.05) is 6.54 Å². The van der Waals surface area contributed by atoms with Gasteiger partial charge < -0.3 is 19.7 Å². The molecule has 3 aromatic rings. The van der Waals surface area contributed by atoms with Crippen LogP contribution in [0.1, 0.15) is 56.5 Å². The Balaban J connectivity index is 1.21. The first kappa shape index (κ1) is 21.5. The van der Waals surface area contributed by atoms with E-state index in [0.717, 1.165) is 49.6 Å². The quantitative estimate of drug-likeness (QED) is 0.470. The van der Waals surface area contributed by atoms with E-state index in [1.165, 1.54) is 11.1 Å². The van der Waals surface area contributed by atoms with E-state index in [1.807, 2.05) is 38.1 Å². The van der Waals surface area contributed by atoms with Crippen LogP contribution in [0.25, 0.3) is 11.4 Å². The lowest BCUT2D eigenvalue weighted by Crippen LogP contribution is -2.39. The molecule has 0 saturated heterocycles. The highest BCUT2D eigenvalue weighted by Gasteiger charge is 2.29.